The minimum Gasteiger partial charge on any atom is -1.00 e. The fourth-order valence-electron chi connectivity index (χ4n) is 0. The summed E-state index contributed by atoms with van der Waals surface area (Å²) in [7, 11) is 0. The van der Waals surface area contributed by atoms with E-state index in [1.54, 1.807) is 0 Å². The molecule has 0 unspecified atom stereocenters. The smallest absolute Gasteiger partial charge is 1.00 e. The van der Waals surface area contributed by atoms with Crippen molar-refractivity contribution in [1.29, 1.82) is 0 Å². The molecule has 0 saturated heterocycles. The van der Waals surface area contributed by atoms with E-state index >= 15 is 0 Å². The van der Waals surface area contributed by atoms with E-state index in [1.165, 1.54) is 6.92 Å². The average molecular weight is 110 g/mol. The summed E-state index contributed by atoms with van der Waals surface area (Å²) in [4.78, 5) is 9.60. The van der Waals surface area contributed by atoms with E-state index in [1.807, 2.05) is 0 Å². The molecule has 3 heteroatoms. The Balaban J connectivity index is -0.000000125. The molecule has 0 fully saturated rings. The van der Waals surface area contributed by atoms with Gasteiger partial charge in [0, 0.05) is 5.57 Å². The zero-order valence-corrected chi connectivity index (χ0v) is 6.56. The monoisotopic (exact) mass is 110 g/mol. The van der Waals surface area contributed by atoms with Crippen molar-refractivity contribution < 1.29 is 40.9 Å². The summed E-state index contributed by atoms with van der Waals surface area (Å²) in [5.74, 6) is -0.935. The van der Waals surface area contributed by atoms with E-state index in [0.717, 1.165) is 0 Å². The zero-order valence-electron chi connectivity index (χ0n) is 5.56. The molecule has 0 heterocycles. The van der Waals surface area contributed by atoms with Crippen LogP contribution in [-0.2, 0) is 4.79 Å². The SMILES string of the molecule is C=C(C)C(=O)O.[H-].[Na+]. The molecule has 1 N–H and O–H groups in total. The van der Waals surface area contributed by atoms with Crippen LogP contribution >= 0.6 is 0 Å². The molecule has 0 amide bonds. The summed E-state index contributed by atoms with van der Waals surface area (Å²) in [6.45, 7) is 4.60. The van der Waals surface area contributed by atoms with Gasteiger partial charge in [-0.2, -0.15) is 0 Å². The van der Waals surface area contributed by atoms with Gasteiger partial charge in [-0.15, -0.1) is 0 Å². The van der Waals surface area contributed by atoms with Gasteiger partial charge in [0.15, 0.2) is 0 Å². The Bertz CT molecular complexity index is 80.0. The van der Waals surface area contributed by atoms with E-state index in [9.17, 15) is 4.79 Å². The molecule has 0 spiro atoms. The second-order valence-corrected chi connectivity index (χ2v) is 1.09. The molecule has 0 aromatic heterocycles. The second kappa shape index (κ2) is 4.37. The van der Waals surface area contributed by atoms with E-state index < -0.39 is 5.97 Å². The maximum atomic E-state index is 9.60. The maximum absolute atomic E-state index is 9.60. The average Bonchev–Trinajstić information content (AvgIpc) is 1.36. The van der Waals surface area contributed by atoms with Crippen LogP contribution in [0.5, 0.6) is 0 Å². The first-order valence-corrected chi connectivity index (χ1v) is 1.53. The number of rotatable bonds is 1. The first-order valence-electron chi connectivity index (χ1n) is 1.53. The largest absolute Gasteiger partial charge is 1.00 e. The molecule has 0 saturated carbocycles. The van der Waals surface area contributed by atoms with Crippen LogP contribution in [0.4, 0.5) is 0 Å². The van der Waals surface area contributed by atoms with Gasteiger partial charge >= 0.3 is 35.5 Å². The van der Waals surface area contributed by atoms with Crippen LogP contribution in [0.1, 0.15) is 8.35 Å². The molecule has 0 bridgehead atoms. The standard InChI is InChI=1S/C4H6O2.Na.H/c1-3(2)4(5)6;;/h1H2,2H3,(H,5,6);;/q;+1;-1. The van der Waals surface area contributed by atoms with Gasteiger partial charge < -0.3 is 6.53 Å². The minimum atomic E-state index is -0.935. The quantitative estimate of drug-likeness (QED) is 0.306. The van der Waals surface area contributed by atoms with Crippen molar-refractivity contribution in [3.63, 3.8) is 0 Å². The topological polar surface area (TPSA) is 37.3 Å². The molecule has 36 valence electrons. The van der Waals surface area contributed by atoms with Gasteiger partial charge in [0.05, 0.1) is 0 Å². The van der Waals surface area contributed by atoms with E-state index in [2.05, 4.69) is 6.58 Å². The Labute approximate surface area is 66.0 Å². The molecule has 0 aromatic rings. The summed E-state index contributed by atoms with van der Waals surface area (Å²) in [5, 5.41) is 7.89. The number of aliphatic carboxylic acids is 1. The molecule has 0 radical (unpaired) electrons. The van der Waals surface area contributed by atoms with Crippen molar-refractivity contribution >= 4 is 5.97 Å². The van der Waals surface area contributed by atoms with Crippen LogP contribution in [0.3, 0.4) is 0 Å². The van der Waals surface area contributed by atoms with Crippen molar-refractivity contribution in [2.45, 2.75) is 6.92 Å². The molecule has 2 nitrogen and oxygen atoms in total. The normalized spacial score (nSPS) is 6.43. The van der Waals surface area contributed by atoms with Gasteiger partial charge in [-0.25, -0.2) is 4.79 Å². The van der Waals surface area contributed by atoms with Gasteiger partial charge in [0.2, 0.25) is 0 Å². The predicted molar refractivity (Wildman–Crippen MR) is 23.6 cm³/mol. The third-order valence-electron chi connectivity index (χ3n) is 0.365. The Morgan fingerprint density at radius 2 is 2.00 bits per heavy atom. The van der Waals surface area contributed by atoms with Crippen LogP contribution in [-0.4, -0.2) is 11.1 Å². The summed E-state index contributed by atoms with van der Waals surface area (Å²) in [5.41, 5.74) is 0.176. The zero-order chi connectivity index (χ0) is 5.15. The molecule has 0 aliphatic carbocycles. The van der Waals surface area contributed by atoms with E-state index in [0.29, 0.717) is 0 Å². The molecule has 0 rings (SSSR count). The summed E-state index contributed by atoms with van der Waals surface area (Å²) in [6.07, 6.45) is 0. The van der Waals surface area contributed by atoms with Crippen LogP contribution in [0.15, 0.2) is 12.2 Å². The summed E-state index contributed by atoms with van der Waals surface area (Å²) >= 11 is 0. The van der Waals surface area contributed by atoms with Crippen LogP contribution in [0.25, 0.3) is 0 Å². The van der Waals surface area contributed by atoms with E-state index in [-0.39, 0.29) is 36.6 Å². The van der Waals surface area contributed by atoms with Crippen molar-refractivity contribution in [1.82, 2.24) is 0 Å². The number of hydrogen-bond donors (Lipinski definition) is 1. The van der Waals surface area contributed by atoms with Crippen LogP contribution < -0.4 is 29.6 Å². The third kappa shape index (κ3) is 6.21. The van der Waals surface area contributed by atoms with Crippen LogP contribution in [0.2, 0.25) is 0 Å². The molecule has 0 aliphatic heterocycles. The maximum Gasteiger partial charge on any atom is 1.00 e. The number of hydrogen-bond acceptors (Lipinski definition) is 1. The van der Waals surface area contributed by atoms with Crippen molar-refractivity contribution in [2.24, 2.45) is 0 Å². The van der Waals surface area contributed by atoms with Gasteiger partial charge in [-0.1, -0.05) is 6.58 Å². The number of carboxylic acid groups (broad SMARTS) is 1. The third-order valence-corrected chi connectivity index (χ3v) is 0.365. The molecule has 0 aromatic carbocycles. The number of carboxylic acids is 1. The van der Waals surface area contributed by atoms with Gasteiger partial charge in [-0.05, 0) is 6.92 Å². The fraction of sp³-hybridized carbons (Fsp3) is 0.250. The number of carbonyl (C=O) groups is 1. The van der Waals surface area contributed by atoms with Crippen molar-refractivity contribution in [3.8, 4) is 0 Å². The van der Waals surface area contributed by atoms with Gasteiger partial charge in [-0.3, -0.25) is 0 Å². The van der Waals surface area contributed by atoms with Crippen molar-refractivity contribution in [2.75, 3.05) is 0 Å². The fourth-order valence-corrected chi connectivity index (χ4v) is 0. The Hall–Kier alpha value is 0.210. The van der Waals surface area contributed by atoms with Gasteiger partial charge in [0.1, 0.15) is 0 Å². The Morgan fingerprint density at radius 1 is 1.86 bits per heavy atom. The first-order chi connectivity index (χ1) is 2.64. The van der Waals surface area contributed by atoms with Crippen molar-refractivity contribution in [3.05, 3.63) is 12.2 Å². The molecular weight excluding hydrogens is 103 g/mol. The summed E-state index contributed by atoms with van der Waals surface area (Å²) < 4.78 is 0. The van der Waals surface area contributed by atoms with E-state index in [4.69, 9.17) is 5.11 Å². The molecule has 0 aliphatic rings. The molecular formula is C4H7NaO2. The predicted octanol–water partition coefficient (Wildman–Crippen LogP) is -2.24. The Kier molecular flexibility index (Phi) is 6.40. The molecule has 0 atom stereocenters. The van der Waals surface area contributed by atoms with Gasteiger partial charge in [0.25, 0.3) is 0 Å². The summed E-state index contributed by atoms with van der Waals surface area (Å²) in [6, 6.07) is 0. The molecule has 7 heavy (non-hydrogen) atoms. The first kappa shape index (κ1) is 10.2. The van der Waals surface area contributed by atoms with Crippen LogP contribution in [0, 0.1) is 0 Å². The Morgan fingerprint density at radius 3 is 2.00 bits per heavy atom. The second-order valence-electron chi connectivity index (χ2n) is 1.09. The minimum absolute atomic E-state index is 0.